The van der Waals surface area contributed by atoms with Crippen LogP contribution in [-0.2, 0) is 16.4 Å². The molecule has 0 aliphatic carbocycles. The third-order valence-electron chi connectivity index (χ3n) is 2.87. The van der Waals surface area contributed by atoms with Crippen LogP contribution in [0, 0.1) is 0 Å². The molecule has 2 rings (SSSR count). The van der Waals surface area contributed by atoms with E-state index in [9.17, 15) is 8.42 Å². The minimum Gasteiger partial charge on any atom is -0.259 e. The quantitative estimate of drug-likeness (QED) is 0.889. The highest BCUT2D eigenvalue weighted by Crippen LogP contribution is 2.27. The van der Waals surface area contributed by atoms with Crippen molar-refractivity contribution >= 4 is 36.7 Å². The summed E-state index contributed by atoms with van der Waals surface area (Å²) in [5.74, 6) is 0.152. The monoisotopic (exact) mass is 298 g/mol. The molecule has 6 heteroatoms. The van der Waals surface area contributed by atoms with Gasteiger partial charge in [0.1, 0.15) is 0 Å². The third kappa shape index (κ3) is 3.67. The minimum atomic E-state index is -3.26. The SMILES string of the molecule is CCCCS(=O)(=O)Nc1nc2ccc(CC)cc2s1. The first-order chi connectivity index (χ1) is 9.04. The molecule has 0 saturated carbocycles. The summed E-state index contributed by atoms with van der Waals surface area (Å²) in [6.07, 6.45) is 2.49. The second-order valence-corrected chi connectivity index (χ2v) is 7.32. The largest absolute Gasteiger partial charge is 0.259 e. The van der Waals surface area contributed by atoms with Crippen LogP contribution in [0.1, 0.15) is 32.3 Å². The molecule has 104 valence electrons. The molecular weight excluding hydrogens is 280 g/mol. The van der Waals surface area contributed by atoms with Gasteiger partial charge in [-0.05, 0) is 30.5 Å². The second kappa shape index (κ2) is 5.88. The predicted octanol–water partition coefficient (Wildman–Crippen LogP) is 3.40. The lowest BCUT2D eigenvalue weighted by Gasteiger charge is -2.02. The standard InChI is InChI=1S/C13H18N2O2S2/c1-3-5-8-19(16,17)15-13-14-11-7-6-10(4-2)9-12(11)18-13/h6-7,9H,3-5,8H2,1-2H3,(H,14,15). The van der Waals surface area contributed by atoms with Gasteiger partial charge in [0.2, 0.25) is 10.0 Å². The maximum absolute atomic E-state index is 11.8. The zero-order valence-electron chi connectivity index (χ0n) is 11.1. The Labute approximate surface area is 117 Å². The molecule has 19 heavy (non-hydrogen) atoms. The van der Waals surface area contributed by atoms with Crippen molar-refractivity contribution in [3.8, 4) is 0 Å². The van der Waals surface area contributed by atoms with Crippen LogP contribution in [-0.4, -0.2) is 19.2 Å². The molecule has 1 heterocycles. The molecule has 0 bridgehead atoms. The zero-order chi connectivity index (χ0) is 13.9. The average molecular weight is 298 g/mol. The first-order valence-electron chi connectivity index (χ1n) is 6.44. The Hall–Kier alpha value is -1.14. The van der Waals surface area contributed by atoms with Crippen molar-refractivity contribution in [2.24, 2.45) is 0 Å². The summed E-state index contributed by atoms with van der Waals surface area (Å²) in [6, 6.07) is 6.03. The van der Waals surface area contributed by atoms with E-state index in [-0.39, 0.29) is 5.75 Å². The molecule has 0 spiro atoms. The van der Waals surface area contributed by atoms with Crippen molar-refractivity contribution < 1.29 is 8.42 Å². The van der Waals surface area contributed by atoms with Crippen molar-refractivity contribution in [3.05, 3.63) is 23.8 Å². The van der Waals surface area contributed by atoms with E-state index in [2.05, 4.69) is 22.7 Å². The number of hydrogen-bond donors (Lipinski definition) is 1. The molecule has 0 amide bonds. The van der Waals surface area contributed by atoms with Gasteiger partial charge in [-0.3, -0.25) is 4.72 Å². The van der Waals surface area contributed by atoms with Crippen LogP contribution < -0.4 is 4.72 Å². The maximum atomic E-state index is 11.8. The van der Waals surface area contributed by atoms with Gasteiger partial charge in [0.05, 0.1) is 16.0 Å². The molecule has 0 radical (unpaired) electrons. The molecule has 0 saturated heterocycles. The normalized spacial score (nSPS) is 11.9. The molecule has 0 atom stereocenters. The Balaban J connectivity index is 2.22. The number of benzene rings is 1. The second-order valence-electron chi connectivity index (χ2n) is 4.45. The van der Waals surface area contributed by atoms with Crippen LogP contribution in [0.4, 0.5) is 5.13 Å². The van der Waals surface area contributed by atoms with Crippen LogP contribution in [0.25, 0.3) is 10.2 Å². The fraction of sp³-hybridized carbons (Fsp3) is 0.462. The van der Waals surface area contributed by atoms with Crippen molar-refractivity contribution in [2.75, 3.05) is 10.5 Å². The molecule has 1 aromatic heterocycles. The van der Waals surface area contributed by atoms with E-state index in [1.165, 1.54) is 16.9 Å². The molecule has 4 nitrogen and oxygen atoms in total. The first kappa shape index (κ1) is 14.3. The van der Waals surface area contributed by atoms with Crippen molar-refractivity contribution in [3.63, 3.8) is 0 Å². The number of rotatable bonds is 6. The van der Waals surface area contributed by atoms with Gasteiger partial charge < -0.3 is 0 Å². The topological polar surface area (TPSA) is 59.1 Å². The molecule has 0 fully saturated rings. The van der Waals surface area contributed by atoms with E-state index in [0.717, 1.165) is 23.1 Å². The van der Waals surface area contributed by atoms with Crippen LogP contribution in [0.15, 0.2) is 18.2 Å². The van der Waals surface area contributed by atoms with E-state index in [4.69, 9.17) is 0 Å². The number of nitrogens with one attached hydrogen (secondary N) is 1. The molecule has 2 aromatic rings. The number of unbranched alkanes of at least 4 members (excludes halogenated alkanes) is 1. The highest BCUT2D eigenvalue weighted by molar-refractivity contribution is 7.92. The number of aryl methyl sites for hydroxylation is 1. The number of anilines is 1. The van der Waals surface area contributed by atoms with Crippen LogP contribution in [0.2, 0.25) is 0 Å². The van der Waals surface area contributed by atoms with E-state index in [1.807, 2.05) is 19.1 Å². The number of hydrogen-bond acceptors (Lipinski definition) is 4. The summed E-state index contributed by atoms with van der Waals surface area (Å²) in [4.78, 5) is 4.31. The molecular formula is C13H18N2O2S2. The number of nitrogens with zero attached hydrogens (tertiary/aromatic N) is 1. The van der Waals surface area contributed by atoms with Gasteiger partial charge in [-0.25, -0.2) is 13.4 Å². The fourth-order valence-corrected chi connectivity index (χ4v) is 4.16. The summed E-state index contributed by atoms with van der Waals surface area (Å²) >= 11 is 1.39. The highest BCUT2D eigenvalue weighted by atomic mass is 32.2. The number of fused-ring (bicyclic) bond motifs is 1. The average Bonchev–Trinajstić information content (AvgIpc) is 2.76. The molecule has 0 aliphatic rings. The van der Waals surface area contributed by atoms with E-state index >= 15 is 0 Å². The van der Waals surface area contributed by atoms with E-state index in [1.54, 1.807) is 0 Å². The lowest BCUT2D eigenvalue weighted by Crippen LogP contribution is -2.16. The van der Waals surface area contributed by atoms with E-state index < -0.39 is 10.0 Å². The fourth-order valence-electron chi connectivity index (χ4n) is 1.75. The summed E-state index contributed by atoms with van der Waals surface area (Å²) < 4.78 is 27.2. The zero-order valence-corrected chi connectivity index (χ0v) is 12.8. The van der Waals surface area contributed by atoms with Gasteiger partial charge in [0.15, 0.2) is 5.13 Å². The Morgan fingerprint density at radius 3 is 2.79 bits per heavy atom. The summed E-state index contributed by atoms with van der Waals surface area (Å²) in [6.45, 7) is 4.07. The van der Waals surface area contributed by atoms with Crippen LogP contribution in [0.3, 0.4) is 0 Å². The summed E-state index contributed by atoms with van der Waals surface area (Å²) in [7, 11) is -3.26. The van der Waals surface area contributed by atoms with Crippen LogP contribution in [0.5, 0.6) is 0 Å². The van der Waals surface area contributed by atoms with Crippen LogP contribution >= 0.6 is 11.3 Å². The first-order valence-corrected chi connectivity index (χ1v) is 8.91. The van der Waals surface area contributed by atoms with Crippen molar-refractivity contribution in [1.82, 2.24) is 4.98 Å². The van der Waals surface area contributed by atoms with Gasteiger partial charge >= 0.3 is 0 Å². The van der Waals surface area contributed by atoms with Crippen molar-refractivity contribution in [1.29, 1.82) is 0 Å². The number of aromatic nitrogens is 1. The van der Waals surface area contributed by atoms with Gasteiger partial charge in [-0.1, -0.05) is 37.7 Å². The molecule has 0 unspecified atom stereocenters. The summed E-state index contributed by atoms with van der Waals surface area (Å²) in [5, 5.41) is 0.458. The lowest BCUT2D eigenvalue weighted by molar-refractivity contribution is 0.598. The van der Waals surface area contributed by atoms with Gasteiger partial charge in [0, 0.05) is 0 Å². The van der Waals surface area contributed by atoms with Gasteiger partial charge in [-0.2, -0.15) is 0 Å². The Kier molecular flexibility index (Phi) is 4.42. The Morgan fingerprint density at radius 1 is 1.32 bits per heavy atom. The molecule has 1 aromatic carbocycles. The third-order valence-corrected chi connectivity index (χ3v) is 5.26. The van der Waals surface area contributed by atoms with Gasteiger partial charge in [0.25, 0.3) is 0 Å². The highest BCUT2D eigenvalue weighted by Gasteiger charge is 2.13. The van der Waals surface area contributed by atoms with Crippen molar-refractivity contribution in [2.45, 2.75) is 33.1 Å². The smallest absolute Gasteiger partial charge is 0.234 e. The lowest BCUT2D eigenvalue weighted by atomic mass is 10.2. The number of sulfonamides is 1. The summed E-state index contributed by atoms with van der Waals surface area (Å²) in [5.41, 5.74) is 2.08. The van der Waals surface area contributed by atoms with E-state index in [0.29, 0.717) is 11.6 Å². The van der Waals surface area contributed by atoms with Gasteiger partial charge in [-0.15, -0.1) is 0 Å². The molecule has 1 N–H and O–H groups in total. The minimum absolute atomic E-state index is 0.152. The molecule has 0 aliphatic heterocycles. The Morgan fingerprint density at radius 2 is 2.11 bits per heavy atom. The maximum Gasteiger partial charge on any atom is 0.234 e. The predicted molar refractivity (Wildman–Crippen MR) is 81.3 cm³/mol. The Bertz CT molecular complexity index is 662. The number of thiazole rings is 1.